The molecule has 0 aliphatic heterocycles. The molecular weight excluding hydrogens is 322 g/mol. The number of sulfonamides is 1. The molecule has 0 fully saturated rings. The summed E-state index contributed by atoms with van der Waals surface area (Å²) in [5.74, 6) is 1.18. The van der Waals surface area contributed by atoms with E-state index < -0.39 is 10.0 Å². The van der Waals surface area contributed by atoms with Gasteiger partial charge in [-0.1, -0.05) is 51.1 Å². The van der Waals surface area contributed by atoms with Crippen LogP contribution in [0.1, 0.15) is 37.8 Å². The summed E-state index contributed by atoms with van der Waals surface area (Å²) in [6, 6.07) is 14.8. The van der Waals surface area contributed by atoms with Crippen molar-refractivity contribution in [3.63, 3.8) is 0 Å². The molecule has 2 aromatic carbocycles. The van der Waals surface area contributed by atoms with Gasteiger partial charge < -0.3 is 4.74 Å². The molecule has 0 atom stereocenters. The number of para-hydroxylation sites is 1. The van der Waals surface area contributed by atoms with Gasteiger partial charge in [-0.05, 0) is 41.7 Å². The topological polar surface area (TPSA) is 55.4 Å². The molecule has 24 heavy (non-hydrogen) atoms. The van der Waals surface area contributed by atoms with E-state index in [0.717, 1.165) is 23.3 Å². The Kier molecular flexibility index (Phi) is 6.40. The van der Waals surface area contributed by atoms with Gasteiger partial charge in [0.05, 0.1) is 4.90 Å². The molecule has 0 unspecified atom stereocenters. The highest BCUT2D eigenvalue weighted by Crippen LogP contribution is 2.19. The Bertz CT molecular complexity index is 752. The van der Waals surface area contributed by atoms with Gasteiger partial charge in [0.1, 0.15) is 12.4 Å². The van der Waals surface area contributed by atoms with Crippen LogP contribution in [0, 0.1) is 0 Å². The molecule has 0 aromatic heterocycles. The van der Waals surface area contributed by atoms with Crippen molar-refractivity contribution in [2.45, 2.75) is 38.0 Å². The second-order valence-electron chi connectivity index (χ2n) is 5.93. The molecule has 0 saturated heterocycles. The Labute approximate surface area is 144 Å². The van der Waals surface area contributed by atoms with Crippen LogP contribution < -0.4 is 9.46 Å². The Morgan fingerprint density at radius 2 is 1.71 bits per heavy atom. The first-order chi connectivity index (χ1) is 11.4. The zero-order valence-electron chi connectivity index (χ0n) is 14.5. The van der Waals surface area contributed by atoms with E-state index in [1.165, 1.54) is 0 Å². The fraction of sp³-hybridized carbons (Fsp3) is 0.368. The van der Waals surface area contributed by atoms with E-state index in [1.807, 2.05) is 36.4 Å². The summed E-state index contributed by atoms with van der Waals surface area (Å²) in [6.45, 7) is 6.73. The molecule has 4 nitrogen and oxygen atoms in total. The molecule has 0 saturated carbocycles. The molecule has 1 N–H and O–H groups in total. The Balaban J connectivity index is 1.91. The lowest BCUT2D eigenvalue weighted by Gasteiger charge is -2.12. The van der Waals surface area contributed by atoms with Gasteiger partial charge in [0.25, 0.3) is 0 Å². The summed E-state index contributed by atoms with van der Waals surface area (Å²) >= 11 is 0. The molecule has 0 spiro atoms. The van der Waals surface area contributed by atoms with Crippen molar-refractivity contribution in [2.24, 2.45) is 0 Å². The maximum Gasteiger partial charge on any atom is 0.240 e. The average molecular weight is 347 g/mol. The van der Waals surface area contributed by atoms with Crippen molar-refractivity contribution in [2.75, 3.05) is 13.2 Å². The molecular formula is C19H25NO3S. The smallest absolute Gasteiger partial charge is 0.240 e. The molecule has 0 heterocycles. The molecule has 0 aliphatic carbocycles. The van der Waals surface area contributed by atoms with E-state index in [2.05, 4.69) is 25.5 Å². The first kappa shape index (κ1) is 18.5. The maximum atomic E-state index is 12.3. The molecule has 0 amide bonds. The van der Waals surface area contributed by atoms with Gasteiger partial charge in [0.2, 0.25) is 10.0 Å². The predicted octanol–water partition coefficient (Wildman–Crippen LogP) is 3.73. The maximum absolute atomic E-state index is 12.3. The summed E-state index contributed by atoms with van der Waals surface area (Å²) in [5, 5.41) is 0. The fourth-order valence-electron chi connectivity index (χ4n) is 2.39. The van der Waals surface area contributed by atoms with E-state index >= 15 is 0 Å². The van der Waals surface area contributed by atoms with E-state index in [0.29, 0.717) is 12.5 Å². The molecule has 0 aliphatic rings. The highest BCUT2D eigenvalue weighted by molar-refractivity contribution is 7.89. The van der Waals surface area contributed by atoms with Gasteiger partial charge in [-0.2, -0.15) is 0 Å². The monoisotopic (exact) mass is 347 g/mol. The SMILES string of the molecule is CCc1ccccc1OCCNS(=O)(=O)c1ccc(C(C)C)cc1. The van der Waals surface area contributed by atoms with E-state index in [9.17, 15) is 8.42 Å². The van der Waals surface area contributed by atoms with Crippen molar-refractivity contribution in [1.82, 2.24) is 4.72 Å². The van der Waals surface area contributed by atoms with Crippen LogP contribution in [0.2, 0.25) is 0 Å². The highest BCUT2D eigenvalue weighted by Gasteiger charge is 2.13. The third-order valence-corrected chi connectivity index (χ3v) is 5.34. The summed E-state index contributed by atoms with van der Waals surface area (Å²) in [6.07, 6.45) is 0.879. The van der Waals surface area contributed by atoms with Crippen LogP contribution in [0.3, 0.4) is 0 Å². The van der Waals surface area contributed by atoms with Gasteiger partial charge in [0.15, 0.2) is 0 Å². The quantitative estimate of drug-likeness (QED) is 0.740. The van der Waals surface area contributed by atoms with E-state index in [-0.39, 0.29) is 11.4 Å². The summed E-state index contributed by atoms with van der Waals surface area (Å²) in [5.41, 5.74) is 2.23. The second-order valence-corrected chi connectivity index (χ2v) is 7.70. The normalized spacial score (nSPS) is 11.7. The Morgan fingerprint density at radius 1 is 1.04 bits per heavy atom. The number of rotatable bonds is 8. The number of hydrogen-bond donors (Lipinski definition) is 1. The lowest BCUT2D eigenvalue weighted by atomic mass is 10.0. The Morgan fingerprint density at radius 3 is 2.33 bits per heavy atom. The Hall–Kier alpha value is -1.85. The predicted molar refractivity (Wildman–Crippen MR) is 97.0 cm³/mol. The van der Waals surface area contributed by atoms with Crippen LogP contribution in [0.25, 0.3) is 0 Å². The average Bonchev–Trinajstić information content (AvgIpc) is 2.59. The lowest BCUT2D eigenvalue weighted by molar-refractivity contribution is 0.320. The van der Waals surface area contributed by atoms with E-state index in [1.54, 1.807) is 12.1 Å². The minimum Gasteiger partial charge on any atom is -0.492 e. The molecule has 2 rings (SSSR count). The van der Waals surface area contributed by atoms with Gasteiger partial charge in [-0.3, -0.25) is 0 Å². The van der Waals surface area contributed by atoms with Crippen LogP contribution in [0.4, 0.5) is 0 Å². The van der Waals surface area contributed by atoms with Crippen LogP contribution in [-0.4, -0.2) is 21.6 Å². The van der Waals surface area contributed by atoms with Crippen molar-refractivity contribution < 1.29 is 13.2 Å². The van der Waals surface area contributed by atoms with Crippen molar-refractivity contribution in [3.8, 4) is 5.75 Å². The van der Waals surface area contributed by atoms with Gasteiger partial charge in [0, 0.05) is 6.54 Å². The number of benzene rings is 2. The third-order valence-electron chi connectivity index (χ3n) is 3.86. The number of hydrogen-bond acceptors (Lipinski definition) is 3. The molecule has 0 bridgehead atoms. The summed E-state index contributed by atoms with van der Waals surface area (Å²) in [7, 11) is -3.50. The van der Waals surface area contributed by atoms with Gasteiger partial charge in [-0.25, -0.2) is 13.1 Å². The number of nitrogens with one attached hydrogen (secondary N) is 1. The second kappa shape index (κ2) is 8.31. The minimum absolute atomic E-state index is 0.228. The van der Waals surface area contributed by atoms with Crippen LogP contribution >= 0.6 is 0 Å². The standard InChI is InChI=1S/C19H25NO3S/c1-4-16-7-5-6-8-19(16)23-14-13-20-24(21,22)18-11-9-17(10-12-18)15(2)3/h5-12,15,20H,4,13-14H2,1-3H3. The van der Waals surface area contributed by atoms with E-state index in [4.69, 9.17) is 4.74 Å². The first-order valence-corrected chi connectivity index (χ1v) is 9.72. The zero-order chi connectivity index (χ0) is 17.6. The van der Waals surface area contributed by atoms with Crippen LogP contribution in [0.15, 0.2) is 53.4 Å². The van der Waals surface area contributed by atoms with Gasteiger partial charge in [-0.15, -0.1) is 0 Å². The van der Waals surface area contributed by atoms with Gasteiger partial charge >= 0.3 is 0 Å². The highest BCUT2D eigenvalue weighted by atomic mass is 32.2. The molecule has 0 radical (unpaired) electrons. The number of ether oxygens (including phenoxy) is 1. The summed E-state index contributed by atoms with van der Waals surface area (Å²) < 4.78 is 32.8. The van der Waals surface area contributed by atoms with Crippen molar-refractivity contribution >= 4 is 10.0 Å². The molecule has 5 heteroatoms. The third kappa shape index (κ3) is 4.82. The van der Waals surface area contributed by atoms with Crippen LogP contribution in [-0.2, 0) is 16.4 Å². The minimum atomic E-state index is -3.50. The zero-order valence-corrected chi connectivity index (χ0v) is 15.3. The van der Waals surface area contributed by atoms with Crippen molar-refractivity contribution in [3.05, 3.63) is 59.7 Å². The van der Waals surface area contributed by atoms with Crippen molar-refractivity contribution in [1.29, 1.82) is 0 Å². The first-order valence-electron chi connectivity index (χ1n) is 8.24. The number of aryl methyl sites for hydroxylation is 1. The largest absolute Gasteiger partial charge is 0.492 e. The summed E-state index contributed by atoms with van der Waals surface area (Å²) in [4.78, 5) is 0.279. The van der Waals surface area contributed by atoms with Crippen LogP contribution in [0.5, 0.6) is 5.75 Å². The molecule has 2 aromatic rings. The fourth-order valence-corrected chi connectivity index (χ4v) is 3.40. The molecule has 130 valence electrons. The lowest BCUT2D eigenvalue weighted by Crippen LogP contribution is -2.28.